The lowest BCUT2D eigenvalue weighted by Gasteiger charge is -2.43. The predicted octanol–water partition coefficient (Wildman–Crippen LogP) is -0.0601. The van der Waals surface area contributed by atoms with Gasteiger partial charge in [-0.2, -0.15) is 0 Å². The van der Waals surface area contributed by atoms with Crippen LogP contribution in [-0.2, 0) is 0 Å². The van der Waals surface area contributed by atoms with E-state index in [9.17, 15) is 20.4 Å². The number of hydrogen-bond acceptors (Lipinski definition) is 5. The maximum Gasteiger partial charge on any atom is 0.108 e. The summed E-state index contributed by atoms with van der Waals surface area (Å²) >= 11 is 1.43. The number of rotatable bonds is 2. The van der Waals surface area contributed by atoms with E-state index in [1.165, 1.54) is 11.8 Å². The molecule has 2 aliphatic rings. The minimum Gasteiger partial charge on any atom is -0.395 e. The number of thioether (sulfide) groups is 1. The number of aliphatic hydroxyl groups excluding tert-OH is 4. The quantitative estimate of drug-likeness (QED) is 0.560. The van der Waals surface area contributed by atoms with Gasteiger partial charge in [0.05, 0.1) is 24.1 Å². The maximum absolute atomic E-state index is 10.0. The molecule has 5 heteroatoms. The third-order valence-electron chi connectivity index (χ3n) is 3.85. The summed E-state index contributed by atoms with van der Waals surface area (Å²) in [7, 11) is 0. The molecule has 1 heterocycles. The molecule has 0 spiro atoms. The Balaban J connectivity index is 2.04. The van der Waals surface area contributed by atoms with E-state index in [-0.39, 0.29) is 17.1 Å². The molecule has 6 atom stereocenters. The highest BCUT2D eigenvalue weighted by atomic mass is 32.2. The third kappa shape index (κ3) is 2.79. The van der Waals surface area contributed by atoms with Gasteiger partial charge in [0.1, 0.15) is 6.10 Å². The van der Waals surface area contributed by atoms with Gasteiger partial charge in [0.2, 0.25) is 0 Å². The van der Waals surface area contributed by atoms with Crippen LogP contribution in [0.3, 0.4) is 0 Å². The molecule has 0 amide bonds. The summed E-state index contributed by atoms with van der Waals surface area (Å²) in [4.78, 5) is 0. The summed E-state index contributed by atoms with van der Waals surface area (Å²) in [5.74, 6) is 0.347. The second-order valence-corrected chi connectivity index (χ2v) is 6.43. The van der Waals surface area contributed by atoms with Crippen molar-refractivity contribution in [2.24, 2.45) is 5.92 Å². The van der Waals surface area contributed by atoms with E-state index in [2.05, 4.69) is 6.42 Å². The lowest BCUT2D eigenvalue weighted by atomic mass is 9.83. The summed E-state index contributed by atoms with van der Waals surface area (Å²) in [6, 6.07) is 0. The van der Waals surface area contributed by atoms with Gasteiger partial charge in [-0.25, -0.2) is 0 Å². The Morgan fingerprint density at radius 1 is 1.12 bits per heavy atom. The molecule has 4 N–H and O–H groups in total. The van der Waals surface area contributed by atoms with Crippen LogP contribution in [0, 0.1) is 12.3 Å². The van der Waals surface area contributed by atoms with E-state index in [1.54, 1.807) is 0 Å². The van der Waals surface area contributed by atoms with E-state index in [1.807, 2.05) is 0 Å². The van der Waals surface area contributed by atoms with Gasteiger partial charge in [0.15, 0.2) is 0 Å². The number of hydrogen-bond donors (Lipinski definition) is 4. The summed E-state index contributed by atoms with van der Waals surface area (Å²) in [6.45, 7) is -0.164. The second-order valence-electron chi connectivity index (χ2n) is 5.01. The zero-order valence-corrected chi connectivity index (χ0v) is 10.6. The first-order valence-electron chi connectivity index (χ1n) is 6.27. The molecule has 0 bridgehead atoms. The van der Waals surface area contributed by atoms with Crippen LogP contribution in [-0.4, -0.2) is 55.8 Å². The Labute approximate surface area is 106 Å². The molecule has 0 aromatic heterocycles. The Morgan fingerprint density at radius 2 is 1.88 bits per heavy atom. The fraction of sp³-hybridized carbons (Fsp3) is 0.917. The molecule has 1 unspecified atom stereocenters. The molecule has 1 aliphatic carbocycles. The van der Waals surface area contributed by atoms with Gasteiger partial charge in [-0.3, -0.25) is 0 Å². The third-order valence-corrected chi connectivity index (χ3v) is 5.60. The van der Waals surface area contributed by atoms with Crippen molar-refractivity contribution in [1.29, 1.82) is 0 Å². The van der Waals surface area contributed by atoms with E-state index < -0.39 is 18.3 Å². The summed E-state index contributed by atoms with van der Waals surface area (Å²) in [5.41, 5.74) is 0. The molecule has 1 saturated heterocycles. The minimum absolute atomic E-state index is 0.0814. The summed E-state index contributed by atoms with van der Waals surface area (Å²) < 4.78 is 0. The van der Waals surface area contributed by atoms with Crippen LogP contribution in [0.15, 0.2) is 0 Å². The highest BCUT2D eigenvalue weighted by Gasteiger charge is 2.45. The van der Waals surface area contributed by atoms with Gasteiger partial charge in [-0.05, 0) is 25.2 Å². The van der Waals surface area contributed by atoms with Crippen molar-refractivity contribution in [3.05, 3.63) is 6.42 Å². The molecule has 1 aliphatic heterocycles. The van der Waals surface area contributed by atoms with Crippen LogP contribution in [0.5, 0.6) is 0 Å². The molecule has 1 radical (unpaired) electrons. The highest BCUT2D eigenvalue weighted by molar-refractivity contribution is 8.00. The maximum atomic E-state index is 10.0. The van der Waals surface area contributed by atoms with Crippen molar-refractivity contribution >= 4 is 11.8 Å². The lowest BCUT2D eigenvalue weighted by Crippen LogP contribution is -2.55. The fourth-order valence-electron chi connectivity index (χ4n) is 2.79. The van der Waals surface area contributed by atoms with Gasteiger partial charge < -0.3 is 20.4 Å². The van der Waals surface area contributed by atoms with Crippen molar-refractivity contribution in [3.8, 4) is 0 Å². The average Bonchev–Trinajstić information content (AvgIpc) is 2.37. The van der Waals surface area contributed by atoms with Crippen molar-refractivity contribution in [1.82, 2.24) is 0 Å². The molecule has 2 rings (SSSR count). The van der Waals surface area contributed by atoms with Crippen LogP contribution < -0.4 is 0 Å². The topological polar surface area (TPSA) is 80.9 Å². The first-order chi connectivity index (χ1) is 8.15. The molecule has 2 fully saturated rings. The zero-order chi connectivity index (χ0) is 12.4. The van der Waals surface area contributed by atoms with E-state index in [0.717, 1.165) is 25.7 Å². The standard InChI is InChI=1S/C12H21O4S/c13-6-8-9(14)10(15)11(16)12(17-8)7-4-2-1-3-5-7/h2,7-16H,1,3-6H2/t7?,8-,9-,10-,11+,12+/m0/s1. The molecule has 17 heavy (non-hydrogen) atoms. The van der Waals surface area contributed by atoms with Crippen molar-refractivity contribution in [3.63, 3.8) is 0 Å². The Hall–Kier alpha value is 0.190. The Bertz CT molecular complexity index is 241. The van der Waals surface area contributed by atoms with Crippen LogP contribution in [0.2, 0.25) is 0 Å². The molecule has 1 saturated carbocycles. The largest absolute Gasteiger partial charge is 0.395 e. The van der Waals surface area contributed by atoms with Gasteiger partial charge in [0, 0.05) is 5.25 Å². The summed E-state index contributed by atoms with van der Waals surface area (Å²) in [6.07, 6.45) is 3.41. The molecular formula is C12H21O4S. The van der Waals surface area contributed by atoms with Crippen LogP contribution in [0.1, 0.15) is 25.7 Å². The van der Waals surface area contributed by atoms with E-state index >= 15 is 0 Å². The first kappa shape index (κ1) is 13.6. The fourth-order valence-corrected chi connectivity index (χ4v) is 4.40. The van der Waals surface area contributed by atoms with Crippen molar-refractivity contribution in [2.45, 2.75) is 54.5 Å². The summed E-state index contributed by atoms with van der Waals surface area (Å²) in [5, 5.41) is 38.3. The van der Waals surface area contributed by atoms with Gasteiger partial charge >= 0.3 is 0 Å². The van der Waals surface area contributed by atoms with Crippen LogP contribution in [0.4, 0.5) is 0 Å². The van der Waals surface area contributed by atoms with E-state index in [4.69, 9.17) is 0 Å². The first-order valence-corrected chi connectivity index (χ1v) is 7.21. The van der Waals surface area contributed by atoms with Crippen molar-refractivity contribution in [2.75, 3.05) is 6.61 Å². The molecule has 4 nitrogen and oxygen atoms in total. The van der Waals surface area contributed by atoms with Crippen LogP contribution in [0.25, 0.3) is 0 Å². The number of aliphatic hydroxyl groups is 4. The molecule has 99 valence electrons. The Kier molecular flexibility index (Phi) is 4.72. The monoisotopic (exact) mass is 261 g/mol. The van der Waals surface area contributed by atoms with Crippen LogP contribution >= 0.6 is 11.8 Å². The SMILES string of the molecule is OC[C@@H]1S[C@H](C2C[CH]CCC2)[C@H](O)[C@@H](O)[C@H]1O. The lowest BCUT2D eigenvalue weighted by molar-refractivity contribution is -0.0753. The van der Waals surface area contributed by atoms with Gasteiger partial charge in [-0.15, -0.1) is 11.8 Å². The second kappa shape index (κ2) is 5.89. The Morgan fingerprint density at radius 3 is 2.47 bits per heavy atom. The van der Waals surface area contributed by atoms with E-state index in [0.29, 0.717) is 5.92 Å². The minimum atomic E-state index is -1.14. The molecular weight excluding hydrogens is 240 g/mol. The zero-order valence-electron chi connectivity index (χ0n) is 9.77. The highest BCUT2D eigenvalue weighted by Crippen LogP contribution is 2.41. The van der Waals surface area contributed by atoms with Gasteiger partial charge in [0.25, 0.3) is 0 Å². The smallest absolute Gasteiger partial charge is 0.108 e. The van der Waals surface area contributed by atoms with Gasteiger partial charge in [-0.1, -0.05) is 12.8 Å². The molecule has 0 aromatic rings. The predicted molar refractivity (Wildman–Crippen MR) is 66.5 cm³/mol. The normalized spacial score (nSPS) is 44.8. The molecule has 0 aromatic carbocycles. The van der Waals surface area contributed by atoms with Crippen molar-refractivity contribution < 1.29 is 20.4 Å². The average molecular weight is 261 g/mol.